The maximum atomic E-state index is 12.0. The number of ether oxygens (including phenoxy) is 1. The number of rotatable bonds is 3. The molecule has 4 nitrogen and oxygen atoms in total. The standard InChI is InChI=1S/C15H21NO3/c1-11-5-6-14(8-12(11)2)19-10-15(18)16-7-3-4-13(17)9-16/h5-6,8,13,17H,3-4,7,9-10H2,1-2H3/t13-/m0/s1. The second-order valence-electron chi connectivity index (χ2n) is 5.17. The first kappa shape index (κ1) is 13.9. The van der Waals surface area contributed by atoms with Crippen LogP contribution >= 0.6 is 0 Å². The topological polar surface area (TPSA) is 49.8 Å². The number of amides is 1. The van der Waals surface area contributed by atoms with Gasteiger partial charge in [0.05, 0.1) is 6.10 Å². The van der Waals surface area contributed by atoms with Crippen molar-refractivity contribution in [2.45, 2.75) is 32.8 Å². The van der Waals surface area contributed by atoms with E-state index in [0.29, 0.717) is 18.8 Å². The highest BCUT2D eigenvalue weighted by Crippen LogP contribution is 2.17. The Morgan fingerprint density at radius 1 is 1.42 bits per heavy atom. The Morgan fingerprint density at radius 2 is 2.21 bits per heavy atom. The average Bonchev–Trinajstić information content (AvgIpc) is 2.40. The summed E-state index contributed by atoms with van der Waals surface area (Å²) < 4.78 is 5.52. The van der Waals surface area contributed by atoms with E-state index < -0.39 is 0 Å². The van der Waals surface area contributed by atoms with Gasteiger partial charge in [-0.1, -0.05) is 6.07 Å². The summed E-state index contributed by atoms with van der Waals surface area (Å²) in [6.07, 6.45) is 1.25. The van der Waals surface area contributed by atoms with Gasteiger partial charge in [-0.15, -0.1) is 0 Å². The van der Waals surface area contributed by atoms with Crippen LogP contribution in [-0.4, -0.2) is 41.7 Å². The summed E-state index contributed by atoms with van der Waals surface area (Å²) in [5.74, 6) is 0.658. The number of aliphatic hydroxyl groups excluding tert-OH is 1. The molecule has 1 N–H and O–H groups in total. The lowest BCUT2D eigenvalue weighted by Crippen LogP contribution is -2.44. The molecule has 0 unspecified atom stereocenters. The second-order valence-corrected chi connectivity index (χ2v) is 5.17. The van der Waals surface area contributed by atoms with Gasteiger partial charge in [0.25, 0.3) is 5.91 Å². The van der Waals surface area contributed by atoms with E-state index in [0.717, 1.165) is 18.4 Å². The van der Waals surface area contributed by atoms with E-state index in [1.807, 2.05) is 32.0 Å². The molecule has 1 fully saturated rings. The van der Waals surface area contributed by atoms with Crippen LogP contribution in [0.1, 0.15) is 24.0 Å². The molecule has 1 aliphatic heterocycles. The van der Waals surface area contributed by atoms with E-state index in [1.165, 1.54) is 5.56 Å². The smallest absolute Gasteiger partial charge is 0.260 e. The fraction of sp³-hybridized carbons (Fsp3) is 0.533. The van der Waals surface area contributed by atoms with Crippen molar-refractivity contribution in [2.75, 3.05) is 19.7 Å². The summed E-state index contributed by atoms with van der Waals surface area (Å²) in [5.41, 5.74) is 2.36. The maximum Gasteiger partial charge on any atom is 0.260 e. The quantitative estimate of drug-likeness (QED) is 0.902. The van der Waals surface area contributed by atoms with Gasteiger partial charge < -0.3 is 14.7 Å². The predicted octanol–water partition coefficient (Wildman–Crippen LogP) is 1.67. The van der Waals surface area contributed by atoms with Crippen molar-refractivity contribution in [2.24, 2.45) is 0 Å². The third-order valence-corrected chi connectivity index (χ3v) is 3.59. The average molecular weight is 263 g/mol. The first-order valence-electron chi connectivity index (χ1n) is 6.72. The molecule has 0 spiro atoms. The van der Waals surface area contributed by atoms with Gasteiger partial charge >= 0.3 is 0 Å². The Balaban J connectivity index is 1.87. The summed E-state index contributed by atoms with van der Waals surface area (Å²) in [6.45, 7) is 5.24. The normalized spacial score (nSPS) is 19.3. The van der Waals surface area contributed by atoms with Crippen LogP contribution in [0, 0.1) is 13.8 Å². The van der Waals surface area contributed by atoms with Crippen LogP contribution in [0.2, 0.25) is 0 Å². The van der Waals surface area contributed by atoms with Crippen molar-refractivity contribution in [3.8, 4) is 5.75 Å². The first-order chi connectivity index (χ1) is 9.06. The Bertz CT molecular complexity index is 459. The zero-order valence-corrected chi connectivity index (χ0v) is 11.6. The maximum absolute atomic E-state index is 12.0. The lowest BCUT2D eigenvalue weighted by molar-refractivity contribution is -0.136. The number of hydrogen-bond donors (Lipinski definition) is 1. The molecule has 0 radical (unpaired) electrons. The van der Waals surface area contributed by atoms with Crippen molar-refractivity contribution in [1.82, 2.24) is 4.90 Å². The van der Waals surface area contributed by atoms with Crippen molar-refractivity contribution < 1.29 is 14.6 Å². The minimum atomic E-state index is -0.390. The fourth-order valence-corrected chi connectivity index (χ4v) is 2.22. The van der Waals surface area contributed by atoms with Crippen LogP contribution in [0.3, 0.4) is 0 Å². The van der Waals surface area contributed by atoms with Crippen LogP contribution in [0.25, 0.3) is 0 Å². The number of benzene rings is 1. The number of likely N-dealkylation sites (tertiary alicyclic amines) is 1. The molecule has 19 heavy (non-hydrogen) atoms. The van der Waals surface area contributed by atoms with Gasteiger partial charge in [0.15, 0.2) is 6.61 Å². The molecule has 0 saturated carbocycles. The molecule has 1 aromatic rings. The minimum absolute atomic E-state index is 0.0369. The van der Waals surface area contributed by atoms with Gasteiger partial charge in [0.2, 0.25) is 0 Å². The third kappa shape index (κ3) is 3.70. The molecular weight excluding hydrogens is 242 g/mol. The van der Waals surface area contributed by atoms with Crippen molar-refractivity contribution >= 4 is 5.91 Å². The number of aryl methyl sites for hydroxylation is 2. The van der Waals surface area contributed by atoms with Gasteiger partial charge in [0, 0.05) is 13.1 Å². The molecule has 0 aliphatic carbocycles. The first-order valence-corrected chi connectivity index (χ1v) is 6.72. The van der Waals surface area contributed by atoms with Gasteiger partial charge in [-0.25, -0.2) is 0 Å². The number of carbonyl (C=O) groups excluding carboxylic acids is 1. The van der Waals surface area contributed by atoms with Crippen LogP contribution in [0.4, 0.5) is 0 Å². The Hall–Kier alpha value is -1.55. The van der Waals surface area contributed by atoms with Gasteiger partial charge in [-0.3, -0.25) is 4.79 Å². The molecule has 1 atom stereocenters. The highest BCUT2D eigenvalue weighted by molar-refractivity contribution is 5.77. The predicted molar refractivity (Wildman–Crippen MR) is 73.2 cm³/mol. The third-order valence-electron chi connectivity index (χ3n) is 3.59. The van der Waals surface area contributed by atoms with E-state index in [4.69, 9.17) is 4.74 Å². The second kappa shape index (κ2) is 6.06. The van der Waals surface area contributed by atoms with E-state index in [1.54, 1.807) is 4.90 Å². The lowest BCUT2D eigenvalue weighted by Gasteiger charge is -2.30. The number of nitrogens with zero attached hydrogens (tertiary/aromatic N) is 1. The Kier molecular flexibility index (Phi) is 4.43. The van der Waals surface area contributed by atoms with Crippen LogP contribution < -0.4 is 4.74 Å². The van der Waals surface area contributed by atoms with Crippen molar-refractivity contribution in [3.05, 3.63) is 29.3 Å². The number of aliphatic hydroxyl groups is 1. The van der Waals surface area contributed by atoms with Gasteiger partial charge in [0.1, 0.15) is 5.75 Å². The lowest BCUT2D eigenvalue weighted by atomic mass is 10.1. The number of carbonyl (C=O) groups is 1. The number of piperidine rings is 1. The molecule has 0 bridgehead atoms. The van der Waals surface area contributed by atoms with Crippen LogP contribution in [0.15, 0.2) is 18.2 Å². The molecule has 2 rings (SSSR count). The highest BCUT2D eigenvalue weighted by atomic mass is 16.5. The SMILES string of the molecule is Cc1ccc(OCC(=O)N2CCC[C@H](O)C2)cc1C. The zero-order chi connectivity index (χ0) is 13.8. The number of β-amino-alcohol motifs (C(OH)–C–C–N with tert-alkyl or cyclic N) is 1. The Morgan fingerprint density at radius 3 is 2.89 bits per heavy atom. The summed E-state index contributed by atoms with van der Waals surface area (Å²) >= 11 is 0. The fourth-order valence-electron chi connectivity index (χ4n) is 2.22. The monoisotopic (exact) mass is 263 g/mol. The number of hydrogen-bond acceptors (Lipinski definition) is 3. The molecule has 1 aromatic carbocycles. The summed E-state index contributed by atoms with van der Waals surface area (Å²) in [5, 5.41) is 9.55. The summed E-state index contributed by atoms with van der Waals surface area (Å²) in [4.78, 5) is 13.6. The van der Waals surface area contributed by atoms with Crippen LogP contribution in [-0.2, 0) is 4.79 Å². The molecular formula is C15H21NO3. The summed E-state index contributed by atoms with van der Waals surface area (Å²) in [7, 11) is 0. The molecule has 1 heterocycles. The zero-order valence-electron chi connectivity index (χ0n) is 11.6. The molecule has 4 heteroatoms. The van der Waals surface area contributed by atoms with E-state index in [-0.39, 0.29) is 18.6 Å². The van der Waals surface area contributed by atoms with Gasteiger partial charge in [-0.05, 0) is 49.9 Å². The van der Waals surface area contributed by atoms with E-state index in [2.05, 4.69) is 0 Å². The highest BCUT2D eigenvalue weighted by Gasteiger charge is 2.22. The minimum Gasteiger partial charge on any atom is -0.484 e. The molecule has 1 aliphatic rings. The van der Waals surface area contributed by atoms with E-state index >= 15 is 0 Å². The van der Waals surface area contributed by atoms with Crippen molar-refractivity contribution in [1.29, 1.82) is 0 Å². The Labute approximate surface area is 114 Å². The van der Waals surface area contributed by atoms with Crippen molar-refractivity contribution in [3.63, 3.8) is 0 Å². The van der Waals surface area contributed by atoms with Crippen LogP contribution in [0.5, 0.6) is 5.75 Å². The molecule has 1 amide bonds. The molecule has 0 aromatic heterocycles. The molecule has 104 valence electrons. The van der Waals surface area contributed by atoms with E-state index in [9.17, 15) is 9.90 Å². The molecule has 1 saturated heterocycles. The largest absolute Gasteiger partial charge is 0.484 e. The van der Waals surface area contributed by atoms with Gasteiger partial charge in [-0.2, -0.15) is 0 Å². The summed E-state index contributed by atoms with van der Waals surface area (Å²) in [6, 6.07) is 5.80.